The molecule has 140 valence electrons. The molecule has 0 radical (unpaired) electrons. The van der Waals surface area contributed by atoms with E-state index in [1.54, 1.807) is 13.8 Å². The van der Waals surface area contributed by atoms with Gasteiger partial charge in [0, 0.05) is 0 Å². The van der Waals surface area contributed by atoms with Crippen molar-refractivity contribution in [3.63, 3.8) is 0 Å². The largest absolute Gasteiger partial charge is 0.444 e. The van der Waals surface area contributed by atoms with Crippen molar-refractivity contribution in [1.82, 2.24) is 0 Å². The molecule has 24 heavy (non-hydrogen) atoms. The van der Waals surface area contributed by atoms with Gasteiger partial charge in [-0.3, -0.25) is 9.35 Å². The van der Waals surface area contributed by atoms with Crippen LogP contribution in [0.3, 0.4) is 0 Å². The fourth-order valence-electron chi connectivity index (χ4n) is 2.94. The maximum Gasteiger partial charge on any atom is 0.432 e. The molecule has 2 fully saturated rings. The molecule has 6 nitrogen and oxygen atoms in total. The van der Waals surface area contributed by atoms with Crippen LogP contribution in [0.25, 0.3) is 0 Å². The van der Waals surface area contributed by atoms with E-state index in [4.69, 9.17) is 9.29 Å². The Morgan fingerprint density at radius 2 is 1.79 bits per heavy atom. The lowest BCUT2D eigenvalue weighted by molar-refractivity contribution is -0.261. The van der Waals surface area contributed by atoms with Crippen molar-refractivity contribution >= 4 is 16.1 Å². The number of esters is 1. The van der Waals surface area contributed by atoms with Crippen molar-refractivity contribution in [3.05, 3.63) is 0 Å². The van der Waals surface area contributed by atoms with Crippen LogP contribution < -0.4 is 0 Å². The van der Waals surface area contributed by atoms with Gasteiger partial charge in [0.1, 0.15) is 0 Å². The third-order valence-electron chi connectivity index (χ3n) is 4.65. The Balaban J connectivity index is 2.18. The van der Waals surface area contributed by atoms with Gasteiger partial charge in [-0.25, -0.2) is 0 Å². The fraction of sp³-hybridized carbons (Fsp3) is 0.917. The molecule has 1 saturated heterocycles. The highest BCUT2D eigenvalue weighted by Crippen LogP contribution is 2.58. The van der Waals surface area contributed by atoms with Crippen molar-refractivity contribution in [2.75, 3.05) is 0 Å². The molecule has 12 heteroatoms. The summed E-state index contributed by atoms with van der Waals surface area (Å²) in [4.78, 5) is 11.9. The van der Waals surface area contributed by atoms with Crippen LogP contribution in [-0.2, 0) is 24.4 Å². The quantitative estimate of drug-likeness (QED) is 0.347. The summed E-state index contributed by atoms with van der Waals surface area (Å²) in [6.45, 7) is 3.38. The zero-order valence-electron chi connectivity index (χ0n) is 12.6. The van der Waals surface area contributed by atoms with Crippen LogP contribution in [0.5, 0.6) is 0 Å². The SMILES string of the molecule is CC12CCC(C(=O)OC(C(F)(F)F)C(F)(F)S(=O)(=O)O)CC1(C)O2. The van der Waals surface area contributed by atoms with E-state index in [9.17, 15) is 35.2 Å². The molecule has 0 bridgehead atoms. The molecule has 2 aliphatic rings. The summed E-state index contributed by atoms with van der Waals surface area (Å²) >= 11 is 0. The second-order valence-electron chi connectivity index (χ2n) is 6.40. The second-order valence-corrected chi connectivity index (χ2v) is 7.89. The number of epoxide rings is 1. The van der Waals surface area contributed by atoms with Crippen LogP contribution in [0, 0.1) is 5.92 Å². The lowest BCUT2D eigenvalue weighted by Gasteiger charge is -2.30. The molecule has 1 N–H and O–H groups in total. The Bertz CT molecular complexity index is 647. The maximum absolute atomic E-state index is 13.4. The normalized spacial score (nSPS) is 35.1. The first-order valence-electron chi connectivity index (χ1n) is 6.86. The van der Waals surface area contributed by atoms with Gasteiger partial charge >= 0.3 is 27.5 Å². The number of carbonyl (C=O) groups is 1. The topological polar surface area (TPSA) is 93.2 Å². The lowest BCUT2D eigenvalue weighted by Crippen LogP contribution is -2.53. The fourth-order valence-corrected chi connectivity index (χ4v) is 3.39. The van der Waals surface area contributed by atoms with Crippen molar-refractivity contribution in [3.8, 4) is 0 Å². The van der Waals surface area contributed by atoms with Gasteiger partial charge in [0.2, 0.25) is 0 Å². The minimum absolute atomic E-state index is 0.0373. The van der Waals surface area contributed by atoms with Gasteiger partial charge in [-0.2, -0.15) is 30.4 Å². The zero-order valence-corrected chi connectivity index (χ0v) is 13.4. The molecule has 1 aliphatic heterocycles. The second kappa shape index (κ2) is 5.24. The van der Waals surface area contributed by atoms with Crippen molar-refractivity contribution in [2.45, 2.75) is 61.8 Å². The van der Waals surface area contributed by atoms with E-state index in [1.807, 2.05) is 0 Å². The molecule has 1 aliphatic carbocycles. The van der Waals surface area contributed by atoms with Gasteiger partial charge in [0.15, 0.2) is 0 Å². The standard InChI is InChI=1S/C12H15F5O6S/c1-9-4-3-6(5-10(9,2)23-9)7(18)22-8(11(13,14)15)12(16,17)24(19,20)21/h6,8H,3-5H2,1-2H3,(H,19,20,21). The van der Waals surface area contributed by atoms with Gasteiger partial charge in [-0.15, -0.1) is 0 Å². The Labute approximate surface area is 134 Å². The molecule has 0 amide bonds. The molecule has 2 rings (SSSR count). The number of rotatable bonds is 4. The molecule has 4 unspecified atom stereocenters. The predicted octanol–water partition coefficient (Wildman–Crippen LogP) is 2.29. The average molecular weight is 382 g/mol. The summed E-state index contributed by atoms with van der Waals surface area (Å²) < 4.78 is 104. The van der Waals surface area contributed by atoms with Gasteiger partial charge < -0.3 is 9.47 Å². The van der Waals surface area contributed by atoms with Crippen molar-refractivity contribution in [1.29, 1.82) is 0 Å². The highest BCUT2D eigenvalue weighted by atomic mass is 32.2. The van der Waals surface area contributed by atoms with Crippen LogP contribution in [0.15, 0.2) is 0 Å². The number of hydrogen-bond donors (Lipinski definition) is 1. The zero-order chi connectivity index (χ0) is 18.8. The number of carbonyl (C=O) groups excluding carboxylic acids is 1. The Hall–Kier alpha value is -1.01. The van der Waals surface area contributed by atoms with Crippen molar-refractivity contribution < 1.29 is 49.2 Å². The van der Waals surface area contributed by atoms with Crippen LogP contribution in [0.1, 0.15) is 33.1 Å². The molecular formula is C12H15F5O6S. The molecule has 0 spiro atoms. The maximum atomic E-state index is 13.4. The Morgan fingerprint density at radius 3 is 2.21 bits per heavy atom. The summed E-state index contributed by atoms with van der Waals surface area (Å²) in [5.74, 6) is -2.76. The number of halogens is 5. The monoisotopic (exact) mass is 382 g/mol. The first-order chi connectivity index (χ1) is 10.5. The minimum atomic E-state index is -6.44. The number of alkyl halides is 5. The van der Waals surface area contributed by atoms with Gasteiger partial charge in [0.25, 0.3) is 6.10 Å². The van der Waals surface area contributed by atoms with Crippen LogP contribution in [-0.4, -0.2) is 47.7 Å². The summed E-state index contributed by atoms with van der Waals surface area (Å²) in [5, 5.41) is -5.72. The molecule has 4 atom stereocenters. The number of ether oxygens (including phenoxy) is 2. The molecular weight excluding hydrogens is 367 g/mol. The molecule has 1 saturated carbocycles. The van der Waals surface area contributed by atoms with E-state index in [0.717, 1.165) is 0 Å². The first kappa shape index (κ1) is 19.3. The van der Waals surface area contributed by atoms with E-state index in [0.29, 0.717) is 6.42 Å². The smallest absolute Gasteiger partial charge is 0.432 e. The number of hydrogen-bond acceptors (Lipinski definition) is 5. The summed E-state index contributed by atoms with van der Waals surface area (Å²) in [5.41, 5.74) is -1.29. The summed E-state index contributed by atoms with van der Waals surface area (Å²) in [6.07, 6.45) is -9.86. The highest BCUT2D eigenvalue weighted by Gasteiger charge is 2.68. The van der Waals surface area contributed by atoms with Gasteiger partial charge in [0.05, 0.1) is 17.1 Å². The van der Waals surface area contributed by atoms with Gasteiger partial charge in [-0.05, 0) is 33.1 Å². The summed E-state index contributed by atoms with van der Waals surface area (Å²) in [6, 6.07) is 0. The molecule has 0 aromatic rings. The summed E-state index contributed by atoms with van der Waals surface area (Å²) in [7, 11) is -6.44. The molecule has 0 aromatic carbocycles. The van der Waals surface area contributed by atoms with E-state index in [1.165, 1.54) is 0 Å². The average Bonchev–Trinajstić information content (AvgIpc) is 2.94. The number of fused-ring (bicyclic) bond motifs is 1. The highest BCUT2D eigenvalue weighted by molar-refractivity contribution is 7.86. The molecule has 0 aromatic heterocycles. The van der Waals surface area contributed by atoms with E-state index < -0.39 is 50.7 Å². The van der Waals surface area contributed by atoms with Crippen LogP contribution in [0.2, 0.25) is 0 Å². The first-order valence-corrected chi connectivity index (χ1v) is 8.30. The Kier molecular flexibility index (Phi) is 4.22. The lowest BCUT2D eigenvalue weighted by atomic mass is 9.76. The van der Waals surface area contributed by atoms with Crippen LogP contribution in [0.4, 0.5) is 22.0 Å². The third-order valence-corrected chi connectivity index (χ3v) is 5.55. The predicted molar refractivity (Wildman–Crippen MR) is 67.7 cm³/mol. The van der Waals surface area contributed by atoms with E-state index >= 15 is 0 Å². The van der Waals surface area contributed by atoms with Gasteiger partial charge in [-0.1, -0.05) is 0 Å². The van der Waals surface area contributed by atoms with Crippen LogP contribution >= 0.6 is 0 Å². The Morgan fingerprint density at radius 1 is 1.25 bits per heavy atom. The van der Waals surface area contributed by atoms with E-state index in [-0.39, 0.29) is 12.8 Å². The van der Waals surface area contributed by atoms with E-state index in [2.05, 4.69) is 4.74 Å². The third kappa shape index (κ3) is 3.10. The molecule has 1 heterocycles. The minimum Gasteiger partial charge on any atom is -0.444 e. The van der Waals surface area contributed by atoms with Crippen molar-refractivity contribution in [2.24, 2.45) is 5.92 Å².